The zero-order valence-electron chi connectivity index (χ0n) is 13.3. The van der Waals surface area contributed by atoms with Crippen molar-refractivity contribution >= 4 is 26.6 Å². The SMILES string of the molecule is O=C(O)CNCc1cccc2cc(S(=O)(=O)c3ccccc3)ccc12. The summed E-state index contributed by atoms with van der Waals surface area (Å²) in [4.78, 5) is 11.1. The zero-order chi connectivity index (χ0) is 17.9. The van der Waals surface area contributed by atoms with E-state index in [2.05, 4.69) is 5.32 Å². The molecular formula is C19H17NO4S. The zero-order valence-corrected chi connectivity index (χ0v) is 14.2. The van der Waals surface area contributed by atoms with Crippen LogP contribution in [0.15, 0.2) is 76.5 Å². The van der Waals surface area contributed by atoms with Gasteiger partial charge in [0.05, 0.1) is 16.3 Å². The van der Waals surface area contributed by atoms with Gasteiger partial charge in [-0.05, 0) is 40.6 Å². The van der Waals surface area contributed by atoms with Crippen LogP contribution >= 0.6 is 0 Å². The van der Waals surface area contributed by atoms with E-state index in [0.29, 0.717) is 6.54 Å². The molecule has 0 heterocycles. The van der Waals surface area contributed by atoms with E-state index in [4.69, 9.17) is 5.11 Å². The molecule has 0 aromatic heterocycles. The number of rotatable bonds is 6. The predicted molar refractivity (Wildman–Crippen MR) is 95.2 cm³/mol. The maximum absolute atomic E-state index is 12.7. The van der Waals surface area contributed by atoms with E-state index in [0.717, 1.165) is 16.3 Å². The number of sulfone groups is 1. The molecule has 3 aromatic carbocycles. The van der Waals surface area contributed by atoms with Crippen molar-refractivity contribution < 1.29 is 18.3 Å². The van der Waals surface area contributed by atoms with E-state index in [1.54, 1.807) is 48.5 Å². The van der Waals surface area contributed by atoms with Gasteiger partial charge in [-0.3, -0.25) is 4.79 Å². The van der Waals surface area contributed by atoms with E-state index in [9.17, 15) is 13.2 Å². The van der Waals surface area contributed by atoms with Crippen LogP contribution in [-0.4, -0.2) is 26.0 Å². The summed E-state index contributed by atoms with van der Waals surface area (Å²) >= 11 is 0. The standard InChI is InChI=1S/C19H17NO4S/c21-19(22)13-20-12-15-6-4-5-14-11-17(9-10-18(14)15)25(23,24)16-7-2-1-3-8-16/h1-11,20H,12-13H2,(H,21,22). The summed E-state index contributed by atoms with van der Waals surface area (Å²) in [5.74, 6) is -0.920. The van der Waals surface area contributed by atoms with Crippen molar-refractivity contribution in [3.63, 3.8) is 0 Å². The lowest BCUT2D eigenvalue weighted by atomic mass is 10.0. The van der Waals surface area contributed by atoms with Crippen molar-refractivity contribution in [1.82, 2.24) is 5.32 Å². The summed E-state index contributed by atoms with van der Waals surface area (Å²) < 4.78 is 25.5. The van der Waals surface area contributed by atoms with E-state index in [1.165, 1.54) is 0 Å². The molecule has 0 unspecified atom stereocenters. The number of carbonyl (C=O) groups is 1. The van der Waals surface area contributed by atoms with Gasteiger partial charge >= 0.3 is 5.97 Å². The summed E-state index contributed by atoms with van der Waals surface area (Å²) in [7, 11) is -3.56. The van der Waals surface area contributed by atoms with Crippen LogP contribution in [0, 0.1) is 0 Å². The lowest BCUT2D eigenvalue weighted by Crippen LogP contribution is -2.21. The van der Waals surface area contributed by atoms with Gasteiger partial charge < -0.3 is 10.4 Å². The van der Waals surface area contributed by atoms with Crippen LogP contribution in [0.1, 0.15) is 5.56 Å². The molecule has 0 fully saturated rings. The van der Waals surface area contributed by atoms with Crippen molar-refractivity contribution in [2.75, 3.05) is 6.54 Å². The number of nitrogens with one attached hydrogen (secondary N) is 1. The fourth-order valence-electron chi connectivity index (χ4n) is 2.69. The Morgan fingerprint density at radius 3 is 2.40 bits per heavy atom. The van der Waals surface area contributed by atoms with Crippen LogP contribution < -0.4 is 5.32 Å². The average Bonchev–Trinajstić information content (AvgIpc) is 2.62. The molecule has 0 saturated carbocycles. The maximum Gasteiger partial charge on any atom is 0.317 e. The van der Waals surface area contributed by atoms with Crippen molar-refractivity contribution in [3.8, 4) is 0 Å². The third-order valence-electron chi connectivity index (χ3n) is 3.90. The van der Waals surface area contributed by atoms with Gasteiger partial charge in [0.1, 0.15) is 0 Å². The first kappa shape index (κ1) is 17.1. The molecule has 5 nitrogen and oxygen atoms in total. The summed E-state index contributed by atoms with van der Waals surface area (Å²) in [6.45, 7) is 0.269. The Balaban J connectivity index is 1.97. The van der Waals surface area contributed by atoms with Crippen LogP contribution in [0.3, 0.4) is 0 Å². The van der Waals surface area contributed by atoms with Gasteiger partial charge in [-0.2, -0.15) is 0 Å². The van der Waals surface area contributed by atoms with Gasteiger partial charge in [0, 0.05) is 6.54 Å². The second-order valence-electron chi connectivity index (χ2n) is 5.61. The van der Waals surface area contributed by atoms with E-state index in [-0.39, 0.29) is 16.3 Å². The number of benzene rings is 3. The molecule has 0 bridgehead atoms. The second-order valence-corrected chi connectivity index (χ2v) is 7.56. The van der Waals surface area contributed by atoms with Crippen LogP contribution in [0.2, 0.25) is 0 Å². The molecule has 2 N–H and O–H groups in total. The molecule has 0 atom stereocenters. The second kappa shape index (κ2) is 7.04. The molecule has 0 aliphatic rings. The highest BCUT2D eigenvalue weighted by atomic mass is 32.2. The Morgan fingerprint density at radius 1 is 0.920 bits per heavy atom. The van der Waals surface area contributed by atoms with Gasteiger partial charge in [0.2, 0.25) is 9.84 Å². The number of aliphatic carboxylic acids is 1. The molecule has 0 radical (unpaired) electrons. The van der Waals surface area contributed by atoms with Crippen LogP contribution in [0.5, 0.6) is 0 Å². The first-order valence-electron chi connectivity index (χ1n) is 7.73. The number of hydrogen-bond acceptors (Lipinski definition) is 4. The molecule has 6 heteroatoms. The molecular weight excluding hydrogens is 338 g/mol. The van der Waals surface area contributed by atoms with E-state index >= 15 is 0 Å². The highest BCUT2D eigenvalue weighted by Crippen LogP contribution is 2.26. The van der Waals surface area contributed by atoms with Crippen LogP contribution in [-0.2, 0) is 21.2 Å². The van der Waals surface area contributed by atoms with Gasteiger partial charge in [-0.15, -0.1) is 0 Å². The molecule has 0 aliphatic heterocycles. The Kier molecular flexibility index (Phi) is 4.83. The van der Waals surface area contributed by atoms with Crippen molar-refractivity contribution in [1.29, 1.82) is 0 Å². The molecule has 128 valence electrons. The number of carboxylic acid groups (broad SMARTS) is 1. The highest BCUT2D eigenvalue weighted by molar-refractivity contribution is 7.91. The number of carboxylic acids is 1. The summed E-state index contributed by atoms with van der Waals surface area (Å²) in [6, 6.07) is 18.9. The summed E-state index contributed by atoms with van der Waals surface area (Å²) in [5, 5.41) is 13.2. The minimum absolute atomic E-state index is 0.128. The maximum atomic E-state index is 12.7. The monoisotopic (exact) mass is 355 g/mol. The third-order valence-corrected chi connectivity index (χ3v) is 5.66. The lowest BCUT2D eigenvalue weighted by Gasteiger charge is -2.10. The molecule has 0 spiro atoms. The molecule has 0 aliphatic carbocycles. The Hall–Kier alpha value is -2.70. The quantitative estimate of drug-likeness (QED) is 0.710. The van der Waals surface area contributed by atoms with E-state index < -0.39 is 15.8 Å². The molecule has 0 amide bonds. The van der Waals surface area contributed by atoms with E-state index in [1.807, 2.05) is 18.2 Å². The highest BCUT2D eigenvalue weighted by Gasteiger charge is 2.17. The summed E-state index contributed by atoms with van der Waals surface area (Å²) in [5.41, 5.74) is 0.919. The van der Waals surface area contributed by atoms with Gasteiger partial charge in [0.15, 0.2) is 0 Å². The number of hydrogen-bond donors (Lipinski definition) is 2. The minimum Gasteiger partial charge on any atom is -0.480 e. The fraction of sp³-hybridized carbons (Fsp3) is 0.105. The Morgan fingerprint density at radius 2 is 1.68 bits per heavy atom. The molecule has 3 rings (SSSR count). The van der Waals surface area contributed by atoms with Gasteiger partial charge in [-0.1, -0.05) is 42.5 Å². The predicted octanol–water partition coefficient (Wildman–Crippen LogP) is 2.85. The van der Waals surface area contributed by atoms with Crippen LogP contribution in [0.4, 0.5) is 0 Å². The Bertz CT molecular complexity index is 1010. The van der Waals surface area contributed by atoms with Crippen LogP contribution in [0.25, 0.3) is 10.8 Å². The van der Waals surface area contributed by atoms with Crippen molar-refractivity contribution in [2.24, 2.45) is 0 Å². The Labute approximate surface area is 145 Å². The topological polar surface area (TPSA) is 83.5 Å². The first-order chi connectivity index (χ1) is 12.0. The van der Waals surface area contributed by atoms with Gasteiger partial charge in [0.25, 0.3) is 0 Å². The van der Waals surface area contributed by atoms with Crippen molar-refractivity contribution in [2.45, 2.75) is 16.3 Å². The minimum atomic E-state index is -3.56. The lowest BCUT2D eigenvalue weighted by molar-refractivity contribution is -0.135. The van der Waals surface area contributed by atoms with Gasteiger partial charge in [-0.25, -0.2) is 8.42 Å². The molecule has 25 heavy (non-hydrogen) atoms. The third kappa shape index (κ3) is 3.70. The first-order valence-corrected chi connectivity index (χ1v) is 9.21. The number of fused-ring (bicyclic) bond motifs is 1. The largest absolute Gasteiger partial charge is 0.480 e. The molecule has 0 saturated heterocycles. The molecule has 3 aromatic rings. The normalized spacial score (nSPS) is 11.5. The van der Waals surface area contributed by atoms with Crippen molar-refractivity contribution in [3.05, 3.63) is 72.3 Å². The summed E-state index contributed by atoms with van der Waals surface area (Å²) in [6.07, 6.45) is 0. The average molecular weight is 355 g/mol. The fourth-order valence-corrected chi connectivity index (χ4v) is 4.01. The smallest absolute Gasteiger partial charge is 0.317 e.